The van der Waals surface area contributed by atoms with E-state index in [4.69, 9.17) is 0 Å². The van der Waals surface area contributed by atoms with E-state index in [1.54, 1.807) is 0 Å². The van der Waals surface area contributed by atoms with E-state index in [2.05, 4.69) is 4.74 Å². The Morgan fingerprint density at radius 2 is 0.846 bits per heavy atom. The fraction of sp³-hybridized carbons (Fsp3) is 0.189. The molecular formula is C37H15F17N2O9. The van der Waals surface area contributed by atoms with Gasteiger partial charge in [0.05, 0.1) is 22.5 Å². The van der Waals surface area contributed by atoms with Gasteiger partial charge < -0.3 is 14.9 Å². The van der Waals surface area contributed by atoms with Gasteiger partial charge in [0.15, 0.2) is 0 Å². The normalized spacial score (nSPS) is 15.9. The lowest BCUT2D eigenvalue weighted by Gasteiger charge is -2.41. The number of ether oxygens (including phenoxy) is 1. The zero-order chi connectivity index (χ0) is 49.4. The summed E-state index contributed by atoms with van der Waals surface area (Å²) in [5.41, 5.74) is -7.21. The highest BCUT2D eigenvalue weighted by Crippen LogP contribution is 2.63. The first-order valence-corrected chi connectivity index (χ1v) is 16.7. The van der Waals surface area contributed by atoms with Crippen LogP contribution in [-0.2, 0) is 19.2 Å². The number of nitrogens with zero attached hydrogens (tertiary/aromatic N) is 2. The lowest BCUT2D eigenvalue weighted by atomic mass is 9.87. The van der Waals surface area contributed by atoms with Gasteiger partial charge in [-0.1, -0.05) is 24.3 Å². The number of aromatic carboxylic acids is 2. The van der Waals surface area contributed by atoms with Crippen LogP contribution in [0.4, 0.5) is 86.0 Å². The predicted octanol–water partition coefficient (Wildman–Crippen LogP) is 9.14. The van der Waals surface area contributed by atoms with E-state index in [-0.39, 0.29) is 17.4 Å². The number of alkyl halides is 15. The number of carboxylic acids is 2. The van der Waals surface area contributed by atoms with Gasteiger partial charge in [-0.3, -0.25) is 19.2 Å². The number of amides is 4. The van der Waals surface area contributed by atoms with E-state index >= 15 is 8.78 Å². The van der Waals surface area contributed by atoms with Crippen LogP contribution in [-0.4, -0.2) is 87.5 Å². The Kier molecular flexibility index (Phi) is 11.8. The molecule has 0 saturated heterocycles. The maximum absolute atomic E-state index is 15.3. The van der Waals surface area contributed by atoms with Gasteiger partial charge in [0, 0.05) is 35.4 Å². The van der Waals surface area contributed by atoms with Crippen molar-refractivity contribution in [3.05, 3.63) is 102 Å². The number of imide groups is 2. The van der Waals surface area contributed by atoms with Gasteiger partial charge in [0.2, 0.25) is 5.83 Å². The predicted molar refractivity (Wildman–Crippen MR) is 180 cm³/mol. The molecule has 0 fully saturated rings. The maximum atomic E-state index is 15.3. The molecule has 4 amide bonds. The third kappa shape index (κ3) is 7.47. The summed E-state index contributed by atoms with van der Waals surface area (Å²) >= 11 is 0. The fourth-order valence-corrected chi connectivity index (χ4v) is 5.94. The minimum absolute atomic E-state index is 0.0815. The van der Waals surface area contributed by atoms with Crippen LogP contribution >= 0.6 is 0 Å². The van der Waals surface area contributed by atoms with Gasteiger partial charge in [-0.05, 0) is 41.5 Å². The summed E-state index contributed by atoms with van der Waals surface area (Å²) in [5, 5.41) is 20.5. The van der Waals surface area contributed by atoms with Crippen LogP contribution in [0.15, 0.2) is 90.7 Å². The van der Waals surface area contributed by atoms with Crippen LogP contribution in [0.5, 0.6) is 5.75 Å². The van der Waals surface area contributed by atoms with Crippen molar-refractivity contribution in [2.24, 2.45) is 0 Å². The highest BCUT2D eigenvalue weighted by Gasteiger charge is 2.94. The summed E-state index contributed by atoms with van der Waals surface area (Å²) < 4.78 is 241. The van der Waals surface area contributed by atoms with Gasteiger partial charge in [0.25, 0.3) is 23.6 Å². The second kappa shape index (κ2) is 15.8. The number of anilines is 2. The van der Waals surface area contributed by atoms with E-state index < -0.39 is 128 Å². The average molecular weight is 954 g/mol. The number of benzene rings is 3. The first-order chi connectivity index (χ1) is 29.6. The monoisotopic (exact) mass is 954 g/mol. The molecule has 0 atom stereocenters. The summed E-state index contributed by atoms with van der Waals surface area (Å²) in [6.07, 6.45) is -4.77. The Morgan fingerprint density at radius 1 is 0.492 bits per heavy atom. The zero-order valence-corrected chi connectivity index (χ0v) is 30.6. The van der Waals surface area contributed by atoms with Gasteiger partial charge in [0.1, 0.15) is 5.75 Å². The molecular weight excluding hydrogens is 939 g/mol. The third-order valence-electron chi connectivity index (χ3n) is 9.16. The highest BCUT2D eigenvalue weighted by atomic mass is 19.4. The number of rotatable bonds is 14. The quantitative estimate of drug-likeness (QED) is 0.0914. The Hall–Kier alpha value is -7.29. The molecule has 0 saturated carbocycles. The van der Waals surface area contributed by atoms with Gasteiger partial charge >= 0.3 is 59.7 Å². The first kappa shape index (κ1) is 48.7. The summed E-state index contributed by atoms with van der Waals surface area (Å²) in [6, 6.07) is 2.33. The molecule has 11 nitrogen and oxygen atoms in total. The van der Waals surface area contributed by atoms with E-state index in [9.17, 15) is 105 Å². The lowest BCUT2D eigenvalue weighted by molar-refractivity contribution is -0.451. The minimum Gasteiger partial charge on any atom is -0.478 e. The molecule has 0 bridgehead atoms. The maximum Gasteiger partial charge on any atom is 0.460 e. The van der Waals surface area contributed by atoms with Crippen LogP contribution in [0.2, 0.25) is 0 Å². The molecule has 0 unspecified atom stereocenters. The van der Waals surface area contributed by atoms with Crippen LogP contribution in [0.25, 0.3) is 22.3 Å². The molecule has 346 valence electrons. The second-order valence-electron chi connectivity index (χ2n) is 13.1. The summed E-state index contributed by atoms with van der Waals surface area (Å²) in [7, 11) is 0. The van der Waals surface area contributed by atoms with Gasteiger partial charge in [-0.15, -0.1) is 0 Å². The Morgan fingerprint density at radius 3 is 1.20 bits per heavy atom. The molecule has 65 heavy (non-hydrogen) atoms. The number of carbonyl (C=O) groups is 6. The Bertz CT molecular complexity index is 2600. The molecule has 5 rings (SSSR count). The van der Waals surface area contributed by atoms with Crippen LogP contribution < -0.4 is 14.5 Å². The van der Waals surface area contributed by atoms with Crippen LogP contribution in [0.1, 0.15) is 20.7 Å². The number of allylic oxidation sites excluding steroid dienone is 1. The molecule has 3 aromatic rings. The standard InChI is InChI=1S/C37H15F17N2O9/c38-27(31(40,41)32(42,43)33(44,45)34(46,47)35(48,49)36(50,51)37(52,53)54)28(39)65-19-13-18(29(61)62)24(14-1-5-16(6-2-14)55-20(57)9-10-21(55)58)26(30(63)64)25(19)15-3-7-17(8-4-15)56-22(59)11-12-23(56)60/h1-13H,(H,61,62)(H,63,64). The van der Waals surface area contributed by atoms with E-state index in [0.29, 0.717) is 21.9 Å². The number of hydrogen-bond acceptors (Lipinski definition) is 7. The van der Waals surface area contributed by atoms with Crippen molar-refractivity contribution in [3.63, 3.8) is 0 Å². The molecule has 2 heterocycles. The van der Waals surface area contributed by atoms with Gasteiger partial charge in [-0.2, -0.15) is 74.6 Å². The largest absolute Gasteiger partial charge is 0.478 e. The molecule has 0 spiro atoms. The van der Waals surface area contributed by atoms with Crippen molar-refractivity contribution >= 4 is 46.9 Å². The first-order valence-electron chi connectivity index (χ1n) is 16.7. The van der Waals surface area contributed by atoms with Crippen LogP contribution in [0.3, 0.4) is 0 Å². The topological polar surface area (TPSA) is 159 Å². The molecule has 2 aliphatic rings. The molecule has 28 heteroatoms. The minimum atomic E-state index is -8.90. The summed E-state index contributed by atoms with van der Waals surface area (Å²) in [6.45, 7) is 0. The van der Waals surface area contributed by atoms with Crippen molar-refractivity contribution in [1.29, 1.82) is 0 Å². The number of carboxylic acid groups (broad SMARTS) is 2. The van der Waals surface area contributed by atoms with Crippen molar-refractivity contribution in [2.45, 2.75) is 41.7 Å². The molecule has 0 radical (unpaired) electrons. The average Bonchev–Trinajstić information content (AvgIpc) is 3.73. The molecule has 0 aromatic heterocycles. The summed E-state index contributed by atoms with van der Waals surface area (Å²) in [5.74, 6) is -66.7. The number of carbonyl (C=O) groups excluding carboxylic acids is 4. The molecule has 2 aliphatic heterocycles. The van der Waals surface area contributed by atoms with E-state index in [1.165, 1.54) is 0 Å². The van der Waals surface area contributed by atoms with E-state index in [1.807, 2.05) is 0 Å². The van der Waals surface area contributed by atoms with E-state index in [0.717, 1.165) is 60.7 Å². The molecule has 2 N–H and O–H groups in total. The Balaban J connectivity index is 1.74. The van der Waals surface area contributed by atoms with Gasteiger partial charge in [-0.25, -0.2) is 19.4 Å². The van der Waals surface area contributed by atoms with Crippen LogP contribution in [0, 0.1) is 0 Å². The Labute approximate surface area is 346 Å². The zero-order valence-electron chi connectivity index (χ0n) is 30.6. The molecule has 0 aliphatic carbocycles. The van der Waals surface area contributed by atoms with Crippen molar-refractivity contribution in [2.75, 3.05) is 9.80 Å². The second-order valence-corrected chi connectivity index (χ2v) is 13.1. The molecule has 3 aromatic carbocycles. The summed E-state index contributed by atoms with van der Waals surface area (Å²) in [4.78, 5) is 75.2. The number of halogens is 17. The third-order valence-corrected chi connectivity index (χ3v) is 9.16. The van der Waals surface area contributed by atoms with Crippen molar-refractivity contribution in [3.8, 4) is 28.0 Å². The van der Waals surface area contributed by atoms with Crippen molar-refractivity contribution < 1.29 is 118 Å². The highest BCUT2D eigenvalue weighted by molar-refractivity contribution is 6.29. The fourth-order valence-electron chi connectivity index (χ4n) is 5.94. The smallest absolute Gasteiger partial charge is 0.460 e. The van der Waals surface area contributed by atoms with Crippen molar-refractivity contribution in [1.82, 2.24) is 0 Å². The lowest BCUT2D eigenvalue weighted by Crippen LogP contribution is -2.72. The SMILES string of the molecule is O=C(O)c1cc(OC(F)=C(F)C(F)(F)C(F)(F)C(F)(F)C(F)(F)C(F)(F)C(F)(F)C(F)(F)F)c(-c2ccc(N3C(=O)C=CC3=O)cc2)c(C(=O)O)c1-c1ccc(N2C(=O)C=CC2=O)cc1. The number of hydrogen-bond donors (Lipinski definition) is 2.